The number of halogens is 3. The van der Waals surface area contributed by atoms with Gasteiger partial charge in [-0.3, -0.25) is 24.2 Å². The molecule has 0 aliphatic heterocycles. The molecule has 234 valence electrons. The molecule has 4 atom stereocenters. The third-order valence-corrected chi connectivity index (χ3v) is 8.83. The second-order valence-electron chi connectivity index (χ2n) is 11.9. The number of amides is 1. The topological polar surface area (TPSA) is 165 Å². The van der Waals surface area contributed by atoms with Crippen molar-refractivity contribution in [3.8, 4) is 5.75 Å². The molecule has 0 radical (unpaired) electrons. The number of alkyl halides is 3. The Bertz CT molecular complexity index is 1630. The summed E-state index contributed by atoms with van der Waals surface area (Å²) in [6.07, 6.45) is -5.71. The molecule has 1 amide bonds. The van der Waals surface area contributed by atoms with Crippen molar-refractivity contribution >= 4 is 17.5 Å². The Balaban J connectivity index is 1.65. The summed E-state index contributed by atoms with van der Waals surface area (Å²) in [5.74, 6) is -9.11. The lowest BCUT2D eigenvalue weighted by Gasteiger charge is -2.50. The number of hydrogen-bond acceptors (Lipinski definition) is 9. The van der Waals surface area contributed by atoms with E-state index < -0.39 is 98.7 Å². The summed E-state index contributed by atoms with van der Waals surface area (Å²) in [4.78, 5) is 42.3. The number of carbonyl (C=O) groups is 3. The summed E-state index contributed by atoms with van der Waals surface area (Å²) in [7, 11) is 4.55. The van der Waals surface area contributed by atoms with Crippen molar-refractivity contribution in [2.75, 3.05) is 21.1 Å². The summed E-state index contributed by atoms with van der Waals surface area (Å²) >= 11 is 0. The van der Waals surface area contributed by atoms with Crippen LogP contribution in [0.5, 0.6) is 5.75 Å². The maximum atomic E-state index is 14.7. The minimum Gasteiger partial charge on any atom is -0.510 e. The van der Waals surface area contributed by atoms with Crippen molar-refractivity contribution in [1.82, 2.24) is 9.80 Å². The van der Waals surface area contributed by atoms with Crippen LogP contribution in [0.1, 0.15) is 39.0 Å². The van der Waals surface area contributed by atoms with Gasteiger partial charge < -0.3 is 26.2 Å². The Morgan fingerprint density at radius 3 is 2.27 bits per heavy atom. The number of nitrogens with two attached hydrogens (primary N) is 1. The minimum absolute atomic E-state index is 0.217. The molecule has 10 nitrogen and oxygen atoms in total. The van der Waals surface area contributed by atoms with Gasteiger partial charge in [-0.25, -0.2) is 0 Å². The van der Waals surface area contributed by atoms with Crippen LogP contribution in [-0.4, -0.2) is 80.5 Å². The third kappa shape index (κ3) is 4.75. The van der Waals surface area contributed by atoms with E-state index in [1.807, 2.05) is 18.2 Å². The highest BCUT2D eigenvalue weighted by molar-refractivity contribution is 6.24. The predicted molar refractivity (Wildman–Crippen MR) is 150 cm³/mol. The van der Waals surface area contributed by atoms with Crippen molar-refractivity contribution in [1.29, 1.82) is 0 Å². The number of aromatic hydroxyl groups is 1. The highest BCUT2D eigenvalue weighted by Gasteiger charge is 2.63. The number of Topliss-reactive ketones (excluding diaryl/α,β-unsaturated/α-hetero) is 2. The van der Waals surface area contributed by atoms with E-state index in [0.29, 0.717) is 6.54 Å². The number of phenolic OH excluding ortho intramolecular Hbond substituents is 1. The molecule has 0 aromatic heterocycles. The predicted octanol–water partition coefficient (Wildman–Crippen LogP) is 2.77. The molecule has 13 heteroatoms. The number of rotatable bonds is 6. The van der Waals surface area contributed by atoms with E-state index in [0.717, 1.165) is 11.6 Å². The van der Waals surface area contributed by atoms with Crippen molar-refractivity contribution in [3.63, 3.8) is 0 Å². The Morgan fingerprint density at radius 2 is 1.70 bits per heavy atom. The summed E-state index contributed by atoms with van der Waals surface area (Å²) < 4.78 is 44.2. The zero-order valence-corrected chi connectivity index (χ0v) is 24.1. The maximum Gasteiger partial charge on any atom is 0.417 e. The van der Waals surface area contributed by atoms with Crippen LogP contribution in [0.2, 0.25) is 0 Å². The molecule has 2 aromatic rings. The fraction of sp³-hybridized carbons (Fsp3) is 0.387. The van der Waals surface area contributed by atoms with E-state index in [2.05, 4.69) is 0 Å². The molecule has 0 spiro atoms. The minimum atomic E-state index is -4.93. The van der Waals surface area contributed by atoms with Gasteiger partial charge in [0.05, 0.1) is 17.2 Å². The second-order valence-corrected chi connectivity index (χ2v) is 11.9. The van der Waals surface area contributed by atoms with Crippen molar-refractivity contribution in [3.05, 3.63) is 86.9 Å². The first-order chi connectivity index (χ1) is 20.5. The normalized spacial score (nSPS) is 25.3. The van der Waals surface area contributed by atoms with Crippen LogP contribution in [0.15, 0.2) is 59.1 Å². The first-order valence-corrected chi connectivity index (χ1v) is 13.8. The van der Waals surface area contributed by atoms with Gasteiger partial charge in [0, 0.05) is 24.6 Å². The van der Waals surface area contributed by atoms with Crippen molar-refractivity contribution < 1.29 is 48.0 Å². The van der Waals surface area contributed by atoms with E-state index >= 15 is 0 Å². The summed E-state index contributed by atoms with van der Waals surface area (Å²) in [6, 6.07) is 8.69. The zero-order chi connectivity index (χ0) is 32.5. The van der Waals surface area contributed by atoms with E-state index in [-0.39, 0.29) is 18.5 Å². The zero-order valence-electron chi connectivity index (χ0n) is 24.1. The Hall–Kier alpha value is -4.20. The van der Waals surface area contributed by atoms with Crippen molar-refractivity contribution in [2.24, 2.45) is 17.6 Å². The molecular formula is C31H32F3N3O7. The van der Waals surface area contributed by atoms with Crippen LogP contribution < -0.4 is 5.73 Å². The van der Waals surface area contributed by atoms with E-state index in [4.69, 9.17) is 5.73 Å². The number of benzene rings is 2. The van der Waals surface area contributed by atoms with Crippen molar-refractivity contribution in [2.45, 2.75) is 43.8 Å². The van der Waals surface area contributed by atoms with Gasteiger partial charge in [-0.05, 0) is 62.7 Å². The Morgan fingerprint density at radius 1 is 1.07 bits per heavy atom. The van der Waals surface area contributed by atoms with Crippen LogP contribution >= 0.6 is 0 Å². The van der Waals surface area contributed by atoms with Gasteiger partial charge in [-0.15, -0.1) is 0 Å². The molecule has 0 fully saturated rings. The average molecular weight is 616 g/mol. The molecule has 0 saturated carbocycles. The molecule has 5 rings (SSSR count). The number of nitrogens with zero attached hydrogens (tertiary/aromatic N) is 2. The molecule has 0 saturated heterocycles. The molecule has 6 N–H and O–H groups in total. The fourth-order valence-electron chi connectivity index (χ4n) is 7.11. The number of carbonyl (C=O) groups excluding carboxylic acids is 3. The number of phenols is 1. The smallest absolute Gasteiger partial charge is 0.417 e. The van der Waals surface area contributed by atoms with E-state index in [9.17, 15) is 48.0 Å². The van der Waals surface area contributed by atoms with Gasteiger partial charge in [0.25, 0.3) is 5.91 Å². The average Bonchev–Trinajstić information content (AvgIpc) is 2.90. The molecular weight excluding hydrogens is 583 g/mol. The lowest BCUT2D eigenvalue weighted by atomic mass is 9.58. The van der Waals surface area contributed by atoms with Crippen LogP contribution in [0, 0.1) is 11.8 Å². The summed E-state index contributed by atoms with van der Waals surface area (Å²) in [6.45, 7) is 0.0916. The maximum absolute atomic E-state index is 14.7. The number of ketones is 2. The number of allylic oxidation sites excluding steroid dienone is 1. The third-order valence-electron chi connectivity index (χ3n) is 8.83. The quantitative estimate of drug-likeness (QED) is 0.308. The number of fused-ring (bicyclic) bond motifs is 3. The first-order valence-electron chi connectivity index (χ1n) is 13.8. The molecule has 0 unspecified atom stereocenters. The van der Waals surface area contributed by atoms with Gasteiger partial charge in [0.1, 0.15) is 22.8 Å². The molecule has 3 aliphatic carbocycles. The summed E-state index contributed by atoms with van der Waals surface area (Å²) in [5.41, 5.74) is -0.690. The second kappa shape index (κ2) is 10.8. The number of likely N-dealkylation sites (N-methyl/N-ethyl adjacent to an activating group) is 1. The lowest BCUT2D eigenvalue weighted by Crippen LogP contribution is -2.63. The van der Waals surface area contributed by atoms with Gasteiger partial charge in [-0.2, -0.15) is 13.2 Å². The van der Waals surface area contributed by atoms with E-state index in [1.165, 1.54) is 19.0 Å². The van der Waals surface area contributed by atoms with Crippen LogP contribution in [0.25, 0.3) is 0 Å². The number of primary amides is 1. The monoisotopic (exact) mass is 615 g/mol. The number of aliphatic hydroxyl groups excluding tert-OH is 2. The highest BCUT2D eigenvalue weighted by atomic mass is 19.4. The van der Waals surface area contributed by atoms with Gasteiger partial charge in [0.15, 0.2) is 11.4 Å². The Labute approximate surface area is 250 Å². The van der Waals surface area contributed by atoms with Crippen LogP contribution in [0.4, 0.5) is 13.2 Å². The highest BCUT2D eigenvalue weighted by Crippen LogP contribution is 2.54. The van der Waals surface area contributed by atoms with Gasteiger partial charge >= 0.3 is 6.18 Å². The van der Waals surface area contributed by atoms with Crippen LogP contribution in [0.3, 0.4) is 0 Å². The molecule has 3 aliphatic rings. The molecule has 44 heavy (non-hydrogen) atoms. The SMILES string of the molecule is CN(Cc1ccccc1)Cc1cc(O)c2c(c1C(F)(F)F)C[C@H]1C[C@H]3[C@H](N(C)C)C(O)=C(C(N)=O)C(=O)[C@@]3(O)C(O)=C1C2=O. The standard InChI is InChI=1S/C31H32F3N3O7/c1-36(2)24-18-10-15-9-17-21(25(39)20(15)27(41)30(18,44)28(42)22(26(24)40)29(35)43)19(38)11-16(23(17)31(32,33)34)13-37(3)12-14-7-5-4-6-8-14/h4-8,11,15,18,24,38,40-41,44H,9-10,12-13H2,1-3H3,(H2,35,43)/t15-,18-,24-,30-/m0/s1. The number of aliphatic hydroxyl groups is 3. The van der Waals surface area contributed by atoms with Gasteiger partial charge in [0.2, 0.25) is 5.78 Å². The molecule has 2 aromatic carbocycles. The first kappa shape index (κ1) is 31.2. The van der Waals surface area contributed by atoms with Crippen LogP contribution in [-0.2, 0) is 35.3 Å². The number of hydrogen-bond donors (Lipinski definition) is 5. The fourth-order valence-corrected chi connectivity index (χ4v) is 7.11. The van der Waals surface area contributed by atoms with E-state index in [1.54, 1.807) is 24.1 Å². The largest absolute Gasteiger partial charge is 0.510 e. The molecule has 0 heterocycles. The Kier molecular flexibility index (Phi) is 7.63. The summed E-state index contributed by atoms with van der Waals surface area (Å²) in [5, 5.41) is 44.8. The lowest BCUT2D eigenvalue weighted by molar-refractivity contribution is -0.148. The van der Waals surface area contributed by atoms with Gasteiger partial charge in [-0.1, -0.05) is 30.3 Å². The molecule has 0 bridgehead atoms.